The minimum atomic E-state index is -0.936. The molecule has 0 N–H and O–H groups in total. The molecule has 2 heterocycles. The Kier molecular flexibility index (Phi) is 5.83. The molecule has 1 aromatic carbocycles. The predicted molar refractivity (Wildman–Crippen MR) is 106 cm³/mol. The van der Waals surface area contributed by atoms with Crippen molar-refractivity contribution in [1.29, 1.82) is 0 Å². The first-order chi connectivity index (χ1) is 13.3. The Hall–Kier alpha value is -2.68. The third-order valence-electron chi connectivity index (χ3n) is 4.40. The number of amides is 1. The van der Waals surface area contributed by atoms with E-state index in [2.05, 4.69) is 4.99 Å². The van der Waals surface area contributed by atoms with E-state index in [9.17, 15) is 19.7 Å². The zero-order valence-electron chi connectivity index (χ0n) is 15.9. The highest BCUT2D eigenvalue weighted by Crippen LogP contribution is 2.43. The lowest BCUT2D eigenvalue weighted by molar-refractivity contribution is -0.385. The summed E-state index contributed by atoms with van der Waals surface area (Å²) in [6.45, 7) is 5.70. The number of carbonyl (C=O) groups excluding carboxylic acids is 2. The summed E-state index contributed by atoms with van der Waals surface area (Å²) in [4.78, 5) is 42.6. The van der Waals surface area contributed by atoms with E-state index in [1.807, 2.05) is 13.8 Å². The second-order valence-electron chi connectivity index (χ2n) is 6.97. The largest absolute Gasteiger partial charge is 0.462 e. The van der Waals surface area contributed by atoms with Crippen molar-refractivity contribution in [2.75, 3.05) is 12.4 Å². The molecule has 1 fully saturated rings. The van der Waals surface area contributed by atoms with Gasteiger partial charge in [0.25, 0.3) is 5.69 Å². The van der Waals surface area contributed by atoms with Crippen LogP contribution in [0.3, 0.4) is 0 Å². The summed E-state index contributed by atoms with van der Waals surface area (Å²) in [5.41, 5.74) is 0.686. The number of nitro benzene ring substituents is 1. The van der Waals surface area contributed by atoms with Gasteiger partial charge in [-0.2, -0.15) is 0 Å². The molecule has 1 saturated heterocycles. The molecule has 3 rings (SSSR count). The van der Waals surface area contributed by atoms with E-state index in [1.165, 1.54) is 22.7 Å². The van der Waals surface area contributed by atoms with Gasteiger partial charge >= 0.3 is 5.97 Å². The lowest BCUT2D eigenvalue weighted by Crippen LogP contribution is -2.46. The van der Waals surface area contributed by atoms with Crippen molar-refractivity contribution in [3.63, 3.8) is 0 Å². The Morgan fingerprint density at radius 2 is 2.14 bits per heavy atom. The summed E-state index contributed by atoms with van der Waals surface area (Å²) in [7, 11) is 0. The molecule has 8 nitrogen and oxygen atoms in total. The topological polar surface area (TPSA) is 102 Å². The maximum absolute atomic E-state index is 12.9. The number of aliphatic imine (C=N–C) groups is 1. The summed E-state index contributed by atoms with van der Waals surface area (Å²) < 4.78 is 5.40. The number of rotatable bonds is 5. The number of nitro groups is 1. The van der Waals surface area contributed by atoms with Crippen LogP contribution in [0.4, 0.5) is 5.69 Å². The van der Waals surface area contributed by atoms with E-state index in [-0.39, 0.29) is 41.7 Å². The molecular formula is C19H21N3O5S. The summed E-state index contributed by atoms with van der Waals surface area (Å²) in [5.74, 6) is -0.120. The Bertz CT molecular complexity index is 893. The number of hydrogen-bond acceptors (Lipinski definition) is 7. The van der Waals surface area contributed by atoms with Gasteiger partial charge in [0.15, 0.2) is 5.17 Å². The third kappa shape index (κ3) is 3.80. The molecule has 1 unspecified atom stereocenters. The predicted octanol–water partition coefficient (Wildman–Crippen LogP) is 3.44. The average molecular weight is 403 g/mol. The minimum absolute atomic E-state index is 0.129. The first-order valence-corrected chi connectivity index (χ1v) is 9.94. The molecule has 2 aliphatic heterocycles. The van der Waals surface area contributed by atoms with Crippen LogP contribution in [0.5, 0.6) is 0 Å². The van der Waals surface area contributed by atoms with E-state index in [0.29, 0.717) is 16.6 Å². The first kappa shape index (κ1) is 20.1. The number of hydrogen-bond donors (Lipinski definition) is 0. The van der Waals surface area contributed by atoms with Crippen molar-refractivity contribution in [3.05, 3.63) is 51.2 Å². The van der Waals surface area contributed by atoms with Gasteiger partial charge in [-0.05, 0) is 18.9 Å². The molecule has 0 bridgehead atoms. The molecule has 2 aliphatic rings. The summed E-state index contributed by atoms with van der Waals surface area (Å²) in [5, 5.41) is 12.1. The molecule has 1 aromatic rings. The lowest BCUT2D eigenvalue weighted by Gasteiger charge is -2.38. The van der Waals surface area contributed by atoms with E-state index in [4.69, 9.17) is 4.74 Å². The quantitative estimate of drug-likeness (QED) is 0.424. The maximum Gasteiger partial charge on any atom is 0.338 e. The standard InChI is InChI=1S/C19H21N3O5S/c1-11(2)10-27-18(24)16-12(3)20-19-21(15(23)8-9-28-19)17(16)13-6-4-5-7-14(13)22(25)26/h4-7,11,17H,8-10H2,1-3H3. The SMILES string of the molecule is CC1=C(C(=O)OCC(C)C)C(c2ccccc2[N+](=O)[O-])N2C(=O)CCSC2=N1. The molecule has 1 atom stereocenters. The van der Waals surface area contributed by atoms with E-state index < -0.39 is 16.9 Å². The Morgan fingerprint density at radius 1 is 1.43 bits per heavy atom. The first-order valence-electron chi connectivity index (χ1n) is 8.96. The number of fused-ring (bicyclic) bond motifs is 1. The highest BCUT2D eigenvalue weighted by atomic mass is 32.2. The average Bonchev–Trinajstić information content (AvgIpc) is 2.65. The van der Waals surface area contributed by atoms with Crippen molar-refractivity contribution in [3.8, 4) is 0 Å². The molecule has 0 aromatic heterocycles. The van der Waals surface area contributed by atoms with Crippen molar-refractivity contribution in [2.24, 2.45) is 10.9 Å². The fourth-order valence-corrected chi connectivity index (χ4v) is 4.16. The second-order valence-corrected chi connectivity index (χ2v) is 8.03. The minimum Gasteiger partial charge on any atom is -0.462 e. The number of benzene rings is 1. The summed E-state index contributed by atoms with van der Waals surface area (Å²) in [6.07, 6.45) is 0.272. The smallest absolute Gasteiger partial charge is 0.338 e. The van der Waals surface area contributed by atoms with Crippen molar-refractivity contribution in [2.45, 2.75) is 33.2 Å². The Balaban J connectivity index is 2.16. The zero-order chi connectivity index (χ0) is 20.4. The zero-order valence-corrected chi connectivity index (χ0v) is 16.7. The van der Waals surface area contributed by atoms with E-state index >= 15 is 0 Å². The summed E-state index contributed by atoms with van der Waals surface area (Å²) >= 11 is 1.40. The molecular weight excluding hydrogens is 382 g/mol. The van der Waals surface area contributed by atoms with Gasteiger partial charge in [0.1, 0.15) is 6.04 Å². The summed E-state index contributed by atoms with van der Waals surface area (Å²) in [6, 6.07) is 5.21. The highest BCUT2D eigenvalue weighted by molar-refractivity contribution is 8.14. The number of esters is 1. The molecule has 148 valence electrons. The van der Waals surface area contributed by atoms with Gasteiger partial charge in [-0.1, -0.05) is 37.7 Å². The normalized spacial score (nSPS) is 19.4. The molecule has 0 aliphatic carbocycles. The molecule has 1 amide bonds. The van der Waals surface area contributed by atoms with Crippen LogP contribution in [0.1, 0.15) is 38.8 Å². The maximum atomic E-state index is 12.9. The molecule has 0 spiro atoms. The van der Waals surface area contributed by atoms with E-state index in [1.54, 1.807) is 25.1 Å². The lowest BCUT2D eigenvalue weighted by atomic mass is 9.93. The van der Waals surface area contributed by atoms with Crippen LogP contribution in [0.15, 0.2) is 40.5 Å². The van der Waals surface area contributed by atoms with Crippen LogP contribution in [-0.2, 0) is 14.3 Å². The molecule has 0 saturated carbocycles. The number of para-hydroxylation sites is 1. The highest BCUT2D eigenvalue weighted by Gasteiger charge is 2.44. The fourth-order valence-electron chi connectivity index (χ4n) is 3.16. The van der Waals surface area contributed by atoms with Gasteiger partial charge in [0, 0.05) is 18.2 Å². The molecule has 0 radical (unpaired) electrons. The van der Waals surface area contributed by atoms with Gasteiger partial charge in [-0.25, -0.2) is 9.79 Å². The number of nitrogens with zero attached hydrogens (tertiary/aromatic N) is 3. The van der Waals surface area contributed by atoms with Crippen LogP contribution in [0, 0.1) is 16.0 Å². The van der Waals surface area contributed by atoms with Crippen LogP contribution in [-0.4, -0.2) is 39.2 Å². The van der Waals surface area contributed by atoms with Crippen LogP contribution in [0.2, 0.25) is 0 Å². The van der Waals surface area contributed by atoms with Gasteiger partial charge in [-0.3, -0.25) is 19.8 Å². The van der Waals surface area contributed by atoms with Gasteiger partial charge in [-0.15, -0.1) is 0 Å². The van der Waals surface area contributed by atoms with Gasteiger partial charge in [0.2, 0.25) is 5.91 Å². The number of allylic oxidation sites excluding steroid dienone is 1. The van der Waals surface area contributed by atoms with Crippen LogP contribution in [0.25, 0.3) is 0 Å². The third-order valence-corrected chi connectivity index (χ3v) is 5.36. The van der Waals surface area contributed by atoms with Crippen molar-refractivity contribution in [1.82, 2.24) is 4.90 Å². The number of thioether (sulfide) groups is 1. The monoisotopic (exact) mass is 403 g/mol. The van der Waals surface area contributed by atoms with Crippen LogP contribution < -0.4 is 0 Å². The number of ether oxygens (including phenoxy) is 1. The second kappa shape index (κ2) is 8.14. The van der Waals surface area contributed by atoms with Gasteiger partial charge in [0.05, 0.1) is 28.4 Å². The number of amidine groups is 1. The van der Waals surface area contributed by atoms with Gasteiger partial charge < -0.3 is 4.74 Å². The molecule has 9 heteroatoms. The molecule has 28 heavy (non-hydrogen) atoms. The van der Waals surface area contributed by atoms with Crippen molar-refractivity contribution >= 4 is 34.5 Å². The van der Waals surface area contributed by atoms with Crippen molar-refractivity contribution < 1.29 is 19.2 Å². The fraction of sp³-hybridized carbons (Fsp3) is 0.421. The van der Waals surface area contributed by atoms with Crippen LogP contribution >= 0.6 is 11.8 Å². The Labute approximate surface area is 166 Å². The van der Waals surface area contributed by atoms with E-state index in [0.717, 1.165) is 0 Å². The Morgan fingerprint density at radius 3 is 2.82 bits per heavy atom. The number of carbonyl (C=O) groups is 2.